The summed E-state index contributed by atoms with van der Waals surface area (Å²) in [5.41, 5.74) is 0.00419. The minimum Gasteiger partial charge on any atom is -0.378 e. The van der Waals surface area contributed by atoms with E-state index in [2.05, 4.69) is 20.8 Å². The lowest BCUT2D eigenvalue weighted by molar-refractivity contribution is -0.0131. The number of unbranched alkanes of at least 4 members (excludes halogenated alkanes) is 1. The zero-order valence-corrected chi connectivity index (χ0v) is 11.3. The molecule has 1 rings (SSSR count). The summed E-state index contributed by atoms with van der Waals surface area (Å²) in [6.45, 7) is 8.08. The molecule has 0 atom stereocenters. The second kappa shape index (κ2) is 7.29. The second-order valence-electron chi connectivity index (χ2n) is 5.80. The summed E-state index contributed by atoms with van der Waals surface area (Å²) in [5.74, 6) is 0. The van der Waals surface area contributed by atoms with E-state index in [4.69, 9.17) is 9.47 Å². The van der Waals surface area contributed by atoms with E-state index in [1.165, 1.54) is 32.1 Å². The summed E-state index contributed by atoms with van der Waals surface area (Å²) in [4.78, 5) is 0. The smallest absolute Gasteiger partial charge is 0.0598 e. The second-order valence-corrected chi connectivity index (χ2v) is 5.80. The van der Waals surface area contributed by atoms with Crippen LogP contribution in [0.1, 0.15) is 65.7 Å². The SMILES string of the molecule is CC(C)(C)OCCCCOC1CCCCC1. The number of hydrogen-bond donors (Lipinski definition) is 0. The molecule has 2 heteroatoms. The molecular formula is C14H28O2. The molecule has 0 bridgehead atoms. The largest absolute Gasteiger partial charge is 0.378 e. The fraction of sp³-hybridized carbons (Fsp3) is 1.00. The standard InChI is InChI=1S/C14H28O2/c1-14(2,3)16-12-8-7-11-15-13-9-5-4-6-10-13/h13H,4-12H2,1-3H3. The van der Waals surface area contributed by atoms with E-state index in [1.54, 1.807) is 0 Å². The molecule has 1 aliphatic carbocycles. The molecule has 0 unspecified atom stereocenters. The fourth-order valence-corrected chi connectivity index (χ4v) is 2.06. The van der Waals surface area contributed by atoms with Gasteiger partial charge in [-0.25, -0.2) is 0 Å². The molecule has 2 nitrogen and oxygen atoms in total. The van der Waals surface area contributed by atoms with Gasteiger partial charge in [-0.1, -0.05) is 19.3 Å². The molecule has 0 heterocycles. The Balaban J connectivity index is 1.87. The van der Waals surface area contributed by atoms with Gasteiger partial charge in [0.25, 0.3) is 0 Å². The molecule has 0 N–H and O–H groups in total. The predicted molar refractivity (Wildman–Crippen MR) is 67.8 cm³/mol. The van der Waals surface area contributed by atoms with Crippen LogP contribution in [0.15, 0.2) is 0 Å². The van der Waals surface area contributed by atoms with Crippen molar-refractivity contribution < 1.29 is 9.47 Å². The van der Waals surface area contributed by atoms with E-state index in [-0.39, 0.29) is 5.60 Å². The van der Waals surface area contributed by atoms with Crippen molar-refractivity contribution in [3.8, 4) is 0 Å². The zero-order valence-electron chi connectivity index (χ0n) is 11.3. The van der Waals surface area contributed by atoms with Crippen LogP contribution in [-0.2, 0) is 9.47 Å². The molecule has 16 heavy (non-hydrogen) atoms. The normalized spacial score (nSPS) is 18.9. The van der Waals surface area contributed by atoms with Crippen molar-refractivity contribution in [1.82, 2.24) is 0 Å². The van der Waals surface area contributed by atoms with Crippen molar-refractivity contribution in [2.75, 3.05) is 13.2 Å². The average Bonchev–Trinajstić information content (AvgIpc) is 2.23. The summed E-state index contributed by atoms with van der Waals surface area (Å²) >= 11 is 0. The van der Waals surface area contributed by atoms with Gasteiger partial charge in [-0.15, -0.1) is 0 Å². The Morgan fingerprint density at radius 1 is 0.938 bits per heavy atom. The molecule has 0 spiro atoms. The first-order chi connectivity index (χ1) is 7.58. The summed E-state index contributed by atoms with van der Waals surface area (Å²) < 4.78 is 11.5. The van der Waals surface area contributed by atoms with E-state index < -0.39 is 0 Å². The first-order valence-corrected chi connectivity index (χ1v) is 6.83. The van der Waals surface area contributed by atoms with Crippen LogP contribution in [0.5, 0.6) is 0 Å². The van der Waals surface area contributed by atoms with Crippen LogP contribution < -0.4 is 0 Å². The van der Waals surface area contributed by atoms with Crippen molar-refractivity contribution in [2.45, 2.75) is 77.4 Å². The van der Waals surface area contributed by atoms with E-state index in [9.17, 15) is 0 Å². The Bertz CT molecular complexity index is 166. The van der Waals surface area contributed by atoms with Crippen LogP contribution in [-0.4, -0.2) is 24.9 Å². The van der Waals surface area contributed by atoms with Gasteiger partial charge < -0.3 is 9.47 Å². The van der Waals surface area contributed by atoms with Crippen LogP contribution >= 0.6 is 0 Å². The predicted octanol–water partition coefficient (Wildman–Crippen LogP) is 3.93. The minimum absolute atomic E-state index is 0.00419. The van der Waals surface area contributed by atoms with Gasteiger partial charge in [0.15, 0.2) is 0 Å². The van der Waals surface area contributed by atoms with Crippen molar-refractivity contribution in [2.24, 2.45) is 0 Å². The van der Waals surface area contributed by atoms with Crippen molar-refractivity contribution in [3.63, 3.8) is 0 Å². The Kier molecular flexibility index (Phi) is 6.37. The fourth-order valence-electron chi connectivity index (χ4n) is 2.06. The van der Waals surface area contributed by atoms with Crippen LogP contribution in [0.3, 0.4) is 0 Å². The van der Waals surface area contributed by atoms with E-state index in [0.717, 1.165) is 26.1 Å². The minimum atomic E-state index is 0.00419. The molecule has 0 aromatic carbocycles. The van der Waals surface area contributed by atoms with Gasteiger partial charge in [0, 0.05) is 13.2 Å². The Labute approximate surface area is 101 Å². The molecule has 0 saturated heterocycles. The molecule has 1 fully saturated rings. The summed E-state index contributed by atoms with van der Waals surface area (Å²) in [6, 6.07) is 0. The van der Waals surface area contributed by atoms with Gasteiger partial charge in [0.2, 0.25) is 0 Å². The molecule has 0 aromatic heterocycles. The van der Waals surface area contributed by atoms with Gasteiger partial charge in [-0.2, -0.15) is 0 Å². The third-order valence-electron chi connectivity index (χ3n) is 2.98. The topological polar surface area (TPSA) is 18.5 Å². The van der Waals surface area contributed by atoms with Crippen molar-refractivity contribution >= 4 is 0 Å². The van der Waals surface area contributed by atoms with Gasteiger partial charge in [0.05, 0.1) is 11.7 Å². The highest BCUT2D eigenvalue weighted by Gasteiger charge is 2.13. The average molecular weight is 228 g/mol. The lowest BCUT2D eigenvalue weighted by Gasteiger charge is -2.22. The highest BCUT2D eigenvalue weighted by Crippen LogP contribution is 2.20. The van der Waals surface area contributed by atoms with E-state index >= 15 is 0 Å². The molecule has 1 aliphatic rings. The zero-order chi connectivity index (χ0) is 11.9. The molecule has 1 saturated carbocycles. The first kappa shape index (κ1) is 14.0. The number of hydrogen-bond acceptors (Lipinski definition) is 2. The molecular weight excluding hydrogens is 200 g/mol. The monoisotopic (exact) mass is 228 g/mol. The summed E-state index contributed by atoms with van der Waals surface area (Å²) in [6.07, 6.45) is 9.47. The number of ether oxygens (including phenoxy) is 2. The third-order valence-corrected chi connectivity index (χ3v) is 2.98. The summed E-state index contributed by atoms with van der Waals surface area (Å²) in [5, 5.41) is 0. The maximum Gasteiger partial charge on any atom is 0.0598 e. The highest BCUT2D eigenvalue weighted by molar-refractivity contribution is 4.65. The number of rotatable bonds is 6. The van der Waals surface area contributed by atoms with Gasteiger partial charge in [-0.05, 0) is 46.5 Å². The molecule has 0 aromatic rings. The van der Waals surface area contributed by atoms with Gasteiger partial charge in [-0.3, -0.25) is 0 Å². The van der Waals surface area contributed by atoms with Gasteiger partial charge >= 0.3 is 0 Å². The molecule has 0 radical (unpaired) electrons. The van der Waals surface area contributed by atoms with E-state index in [0.29, 0.717) is 6.10 Å². The maximum atomic E-state index is 5.86. The molecule has 0 amide bonds. The first-order valence-electron chi connectivity index (χ1n) is 6.83. The van der Waals surface area contributed by atoms with Crippen LogP contribution in [0.4, 0.5) is 0 Å². The van der Waals surface area contributed by atoms with Gasteiger partial charge in [0.1, 0.15) is 0 Å². The molecule has 0 aliphatic heterocycles. The van der Waals surface area contributed by atoms with Crippen molar-refractivity contribution in [1.29, 1.82) is 0 Å². The molecule has 96 valence electrons. The lowest BCUT2D eigenvalue weighted by Crippen LogP contribution is -2.20. The van der Waals surface area contributed by atoms with Crippen LogP contribution in [0.2, 0.25) is 0 Å². The van der Waals surface area contributed by atoms with Crippen molar-refractivity contribution in [3.05, 3.63) is 0 Å². The van der Waals surface area contributed by atoms with Crippen LogP contribution in [0.25, 0.3) is 0 Å². The Hall–Kier alpha value is -0.0800. The summed E-state index contributed by atoms with van der Waals surface area (Å²) in [7, 11) is 0. The van der Waals surface area contributed by atoms with Crippen LogP contribution in [0, 0.1) is 0 Å². The third kappa shape index (κ3) is 7.24. The van der Waals surface area contributed by atoms with E-state index in [1.807, 2.05) is 0 Å². The maximum absolute atomic E-state index is 5.86. The highest BCUT2D eigenvalue weighted by atomic mass is 16.5. The Morgan fingerprint density at radius 3 is 2.19 bits per heavy atom. The Morgan fingerprint density at radius 2 is 1.56 bits per heavy atom. The lowest BCUT2D eigenvalue weighted by atomic mass is 9.98. The quantitative estimate of drug-likeness (QED) is 0.641.